The highest BCUT2D eigenvalue weighted by Crippen LogP contribution is 2.62. The summed E-state index contributed by atoms with van der Waals surface area (Å²) >= 11 is 0. The van der Waals surface area contributed by atoms with Crippen LogP contribution in [-0.4, -0.2) is 0 Å². The van der Waals surface area contributed by atoms with Crippen LogP contribution in [0.1, 0.15) is 44.7 Å². The molecule has 4 rings (SSSR count). The Morgan fingerprint density at radius 1 is 1.12 bits per heavy atom. The van der Waals surface area contributed by atoms with Crippen molar-refractivity contribution in [1.29, 1.82) is 0 Å². The molecule has 1 aromatic carbocycles. The van der Waals surface area contributed by atoms with Crippen LogP contribution >= 0.6 is 0 Å². The van der Waals surface area contributed by atoms with Crippen molar-refractivity contribution < 1.29 is 0 Å². The molecule has 2 bridgehead atoms. The van der Waals surface area contributed by atoms with Crippen molar-refractivity contribution in [3.63, 3.8) is 0 Å². The van der Waals surface area contributed by atoms with Gasteiger partial charge in [0.15, 0.2) is 0 Å². The number of hydrogen-bond acceptors (Lipinski definition) is 0. The van der Waals surface area contributed by atoms with Crippen LogP contribution in [0.25, 0.3) is 5.57 Å². The van der Waals surface area contributed by atoms with Gasteiger partial charge in [-0.25, -0.2) is 0 Å². The summed E-state index contributed by atoms with van der Waals surface area (Å²) in [6, 6.07) is 8.95. The first kappa shape index (κ1) is 10.1. The van der Waals surface area contributed by atoms with Gasteiger partial charge in [0.1, 0.15) is 0 Å². The summed E-state index contributed by atoms with van der Waals surface area (Å²) in [6.07, 6.45) is 2.52. The minimum Gasteiger partial charge on any atom is -0.0648 e. The van der Waals surface area contributed by atoms with Crippen molar-refractivity contribution in [1.82, 2.24) is 0 Å². The quantitative estimate of drug-likeness (QED) is 0.692. The second-order valence-corrected chi connectivity index (χ2v) is 5.41. The fourth-order valence-electron chi connectivity index (χ4n) is 3.32. The summed E-state index contributed by atoms with van der Waals surface area (Å²) in [5.41, 5.74) is 6.39. The van der Waals surface area contributed by atoms with E-state index in [0.29, 0.717) is 0 Å². The molecule has 1 aromatic rings. The second kappa shape index (κ2) is 3.48. The molecule has 0 aliphatic heterocycles. The van der Waals surface area contributed by atoms with E-state index < -0.39 is 0 Å². The van der Waals surface area contributed by atoms with Crippen molar-refractivity contribution >= 4 is 5.57 Å². The summed E-state index contributed by atoms with van der Waals surface area (Å²) < 4.78 is 0. The molecule has 0 amide bonds. The maximum atomic E-state index is 2.32. The Labute approximate surface area is 98.4 Å². The van der Waals surface area contributed by atoms with E-state index in [-0.39, 0.29) is 0 Å². The van der Waals surface area contributed by atoms with Gasteiger partial charge in [0.25, 0.3) is 0 Å². The van der Waals surface area contributed by atoms with Gasteiger partial charge in [-0.1, -0.05) is 50.6 Å². The molecule has 0 nitrogen and oxygen atoms in total. The molecule has 0 spiro atoms. The van der Waals surface area contributed by atoms with Crippen LogP contribution in [0.4, 0.5) is 0 Å². The smallest absolute Gasteiger partial charge is 0.0382 e. The lowest BCUT2D eigenvalue weighted by molar-refractivity contribution is 0.580. The first-order chi connectivity index (χ1) is 7.74. The summed E-state index contributed by atoms with van der Waals surface area (Å²) in [5, 5.41) is 0. The molecule has 0 N–H and O–H groups in total. The van der Waals surface area contributed by atoms with Crippen LogP contribution in [0.15, 0.2) is 29.8 Å². The molecule has 1 atom stereocenters. The van der Waals surface area contributed by atoms with Crippen LogP contribution in [-0.2, 0) is 0 Å². The zero-order valence-electron chi connectivity index (χ0n) is 10.4. The maximum Gasteiger partial charge on any atom is 0.0382 e. The highest BCUT2D eigenvalue weighted by molar-refractivity contribution is 5.95. The molecule has 16 heavy (non-hydrogen) atoms. The minimum absolute atomic E-state index is 0.756. The van der Waals surface area contributed by atoms with E-state index in [4.69, 9.17) is 0 Å². The van der Waals surface area contributed by atoms with Gasteiger partial charge in [-0.2, -0.15) is 0 Å². The number of benzene rings is 1. The predicted molar refractivity (Wildman–Crippen MR) is 68.9 cm³/mol. The zero-order valence-corrected chi connectivity index (χ0v) is 10.4. The van der Waals surface area contributed by atoms with Crippen molar-refractivity contribution in [2.24, 2.45) is 11.8 Å². The van der Waals surface area contributed by atoms with Crippen molar-refractivity contribution in [3.8, 4) is 0 Å². The zero-order chi connectivity index (χ0) is 11.3. The molecule has 3 aliphatic carbocycles. The van der Waals surface area contributed by atoms with Crippen LogP contribution in [0.2, 0.25) is 0 Å². The monoisotopic (exact) mass is 211 g/mol. The van der Waals surface area contributed by atoms with Gasteiger partial charge in [0.05, 0.1) is 0 Å². The number of hydrogen-bond donors (Lipinski definition) is 0. The molecule has 0 saturated carbocycles. The maximum absolute atomic E-state index is 2.32. The average molecular weight is 211 g/mol. The molecular weight excluding hydrogens is 192 g/mol. The van der Waals surface area contributed by atoms with Crippen LogP contribution < -0.4 is 0 Å². The summed E-state index contributed by atoms with van der Waals surface area (Å²) in [7, 11) is 0. The second-order valence-electron chi connectivity index (χ2n) is 5.41. The molecular formula is C16H19. The van der Waals surface area contributed by atoms with Crippen molar-refractivity contribution in [2.75, 3.05) is 0 Å². The Hall–Kier alpha value is -1.04. The Bertz CT molecular complexity index is 451. The Balaban J connectivity index is 2.02. The minimum atomic E-state index is 0.756. The van der Waals surface area contributed by atoms with Crippen LogP contribution in [0.3, 0.4) is 0 Å². The van der Waals surface area contributed by atoms with Gasteiger partial charge in [0.2, 0.25) is 0 Å². The molecule has 3 aliphatic rings. The Morgan fingerprint density at radius 3 is 2.38 bits per heavy atom. The predicted octanol–water partition coefficient (Wildman–Crippen LogP) is 4.46. The lowest BCUT2D eigenvalue weighted by Crippen LogP contribution is -2.22. The largest absolute Gasteiger partial charge is 0.0648 e. The van der Waals surface area contributed by atoms with Gasteiger partial charge in [0, 0.05) is 5.92 Å². The van der Waals surface area contributed by atoms with Gasteiger partial charge in [-0.3, -0.25) is 0 Å². The summed E-state index contributed by atoms with van der Waals surface area (Å²) in [6.45, 7) is 6.94. The van der Waals surface area contributed by atoms with Crippen LogP contribution in [0, 0.1) is 17.8 Å². The third-order valence-corrected chi connectivity index (χ3v) is 3.88. The average Bonchev–Trinajstić information content (AvgIpc) is 2.74. The SMILES string of the molecule is CCC1[C]2C(CC(C)C)=C1c1ccccc12. The van der Waals surface area contributed by atoms with Crippen LogP contribution in [0.5, 0.6) is 0 Å². The molecule has 1 radical (unpaired) electrons. The first-order valence-electron chi connectivity index (χ1n) is 6.44. The third-order valence-electron chi connectivity index (χ3n) is 3.88. The summed E-state index contributed by atoms with van der Waals surface area (Å²) in [4.78, 5) is 0. The topological polar surface area (TPSA) is 0 Å². The molecule has 0 aromatic heterocycles. The molecule has 1 unspecified atom stereocenters. The van der Waals surface area contributed by atoms with E-state index in [1.807, 2.05) is 0 Å². The fraction of sp³-hybridized carbons (Fsp3) is 0.438. The molecule has 83 valence electrons. The van der Waals surface area contributed by atoms with E-state index in [9.17, 15) is 0 Å². The van der Waals surface area contributed by atoms with E-state index in [2.05, 4.69) is 45.0 Å². The van der Waals surface area contributed by atoms with Crippen molar-refractivity contribution in [2.45, 2.75) is 33.6 Å². The highest BCUT2D eigenvalue weighted by atomic mass is 14.5. The highest BCUT2D eigenvalue weighted by Gasteiger charge is 2.48. The summed E-state index contributed by atoms with van der Waals surface area (Å²) in [5.74, 6) is 3.19. The van der Waals surface area contributed by atoms with Gasteiger partial charge >= 0.3 is 0 Å². The lowest BCUT2D eigenvalue weighted by Gasteiger charge is -2.34. The number of rotatable bonds is 3. The molecule has 0 saturated heterocycles. The lowest BCUT2D eigenvalue weighted by atomic mass is 9.69. The third kappa shape index (κ3) is 1.16. The molecule has 0 fully saturated rings. The standard InChI is InChI=1S/C16H19/c1-4-11-15-12-7-5-6-8-13(12)16(11)14(15)9-10(2)3/h5-8,10-11H,4,9H2,1-3H3. The molecule has 0 heterocycles. The first-order valence-corrected chi connectivity index (χ1v) is 6.44. The van der Waals surface area contributed by atoms with Gasteiger partial charge in [-0.05, 0) is 41.4 Å². The van der Waals surface area contributed by atoms with E-state index in [1.165, 1.54) is 24.0 Å². The Morgan fingerprint density at radius 2 is 1.81 bits per heavy atom. The van der Waals surface area contributed by atoms with E-state index >= 15 is 0 Å². The van der Waals surface area contributed by atoms with E-state index in [1.54, 1.807) is 17.1 Å². The molecule has 0 heteroatoms. The van der Waals surface area contributed by atoms with E-state index in [0.717, 1.165) is 11.8 Å². The normalized spacial score (nSPS) is 22.6. The van der Waals surface area contributed by atoms with Gasteiger partial charge in [-0.15, -0.1) is 0 Å². The van der Waals surface area contributed by atoms with Gasteiger partial charge < -0.3 is 0 Å². The number of allylic oxidation sites excluding steroid dienone is 2. The Kier molecular flexibility index (Phi) is 2.20. The van der Waals surface area contributed by atoms with Crippen molar-refractivity contribution in [3.05, 3.63) is 46.9 Å². The fourth-order valence-corrected chi connectivity index (χ4v) is 3.32.